The van der Waals surface area contributed by atoms with Gasteiger partial charge in [0.05, 0.1) is 0 Å². The Morgan fingerprint density at radius 1 is 1.19 bits per heavy atom. The van der Waals surface area contributed by atoms with Gasteiger partial charge >= 0.3 is 0 Å². The second-order valence-electron chi connectivity index (χ2n) is 5.36. The quantitative estimate of drug-likeness (QED) is 0.781. The van der Waals surface area contributed by atoms with Crippen LogP contribution >= 0.6 is 0 Å². The van der Waals surface area contributed by atoms with Gasteiger partial charge in [-0.15, -0.1) is 0 Å². The zero-order valence-electron chi connectivity index (χ0n) is 10.2. The summed E-state index contributed by atoms with van der Waals surface area (Å²) >= 11 is 0. The Morgan fingerprint density at radius 2 is 1.94 bits per heavy atom. The first-order valence-electron chi connectivity index (χ1n) is 6.64. The van der Waals surface area contributed by atoms with Crippen LogP contribution in [0.1, 0.15) is 45.4 Å². The van der Waals surface area contributed by atoms with Crippen LogP contribution in [0.25, 0.3) is 0 Å². The van der Waals surface area contributed by atoms with Gasteiger partial charge in [-0.1, -0.05) is 19.8 Å². The van der Waals surface area contributed by atoms with Crippen molar-refractivity contribution < 1.29 is 9.53 Å². The van der Waals surface area contributed by atoms with Crippen molar-refractivity contribution in [3.05, 3.63) is 0 Å². The molecular formula is C13H23NO2. The maximum atomic E-state index is 12.0. The standard InChI is InChI=1S/C13H23NO2/c1-10-3-2-4-12(9-10)14-13(15)11-5-7-16-8-6-11/h10-12H,2-9H2,1H3,(H,14,15). The predicted molar refractivity (Wildman–Crippen MR) is 63.1 cm³/mol. The molecule has 1 amide bonds. The van der Waals surface area contributed by atoms with Gasteiger partial charge < -0.3 is 10.1 Å². The van der Waals surface area contributed by atoms with Gasteiger partial charge in [0.25, 0.3) is 0 Å². The second-order valence-corrected chi connectivity index (χ2v) is 5.36. The Hall–Kier alpha value is -0.570. The summed E-state index contributed by atoms with van der Waals surface area (Å²) in [5, 5.41) is 3.22. The summed E-state index contributed by atoms with van der Waals surface area (Å²) in [6.45, 7) is 3.78. The molecule has 2 aliphatic rings. The topological polar surface area (TPSA) is 38.3 Å². The molecule has 0 spiro atoms. The van der Waals surface area contributed by atoms with Gasteiger partial charge in [-0.2, -0.15) is 0 Å². The molecule has 1 saturated heterocycles. The van der Waals surface area contributed by atoms with E-state index in [1.807, 2.05) is 0 Å². The maximum Gasteiger partial charge on any atom is 0.223 e. The number of ether oxygens (including phenoxy) is 1. The number of hydrogen-bond donors (Lipinski definition) is 1. The zero-order chi connectivity index (χ0) is 11.4. The van der Waals surface area contributed by atoms with Crippen LogP contribution in [0.3, 0.4) is 0 Å². The molecule has 0 radical (unpaired) electrons. The highest BCUT2D eigenvalue weighted by Gasteiger charge is 2.25. The first-order chi connectivity index (χ1) is 7.75. The van der Waals surface area contributed by atoms with Crippen molar-refractivity contribution >= 4 is 5.91 Å². The molecule has 2 rings (SSSR count). The van der Waals surface area contributed by atoms with Crippen LogP contribution in [-0.2, 0) is 9.53 Å². The van der Waals surface area contributed by atoms with E-state index >= 15 is 0 Å². The van der Waals surface area contributed by atoms with Crippen molar-refractivity contribution in [3.8, 4) is 0 Å². The number of hydrogen-bond acceptors (Lipinski definition) is 2. The second kappa shape index (κ2) is 5.67. The first-order valence-corrected chi connectivity index (χ1v) is 6.64. The summed E-state index contributed by atoms with van der Waals surface area (Å²) < 4.78 is 5.28. The zero-order valence-corrected chi connectivity index (χ0v) is 10.2. The lowest BCUT2D eigenvalue weighted by molar-refractivity contribution is -0.128. The summed E-state index contributed by atoms with van der Waals surface area (Å²) in [6, 6.07) is 0.430. The smallest absolute Gasteiger partial charge is 0.223 e. The van der Waals surface area contributed by atoms with Gasteiger partial charge in [0.1, 0.15) is 0 Å². The number of rotatable bonds is 2. The highest BCUT2D eigenvalue weighted by molar-refractivity contribution is 5.79. The Morgan fingerprint density at radius 3 is 2.62 bits per heavy atom. The van der Waals surface area contributed by atoms with E-state index in [0.29, 0.717) is 6.04 Å². The minimum absolute atomic E-state index is 0.200. The van der Waals surface area contributed by atoms with Crippen LogP contribution in [0.4, 0.5) is 0 Å². The number of carbonyl (C=O) groups excluding carboxylic acids is 1. The molecule has 3 heteroatoms. The molecule has 0 aromatic rings. The van der Waals surface area contributed by atoms with Crippen molar-refractivity contribution in [2.45, 2.75) is 51.5 Å². The van der Waals surface area contributed by atoms with E-state index in [1.165, 1.54) is 19.3 Å². The van der Waals surface area contributed by atoms with E-state index in [0.717, 1.165) is 38.4 Å². The average molecular weight is 225 g/mol. The van der Waals surface area contributed by atoms with E-state index < -0.39 is 0 Å². The number of nitrogens with one attached hydrogen (secondary N) is 1. The SMILES string of the molecule is CC1CCCC(NC(=O)C2CCOCC2)C1. The fourth-order valence-corrected chi connectivity index (χ4v) is 2.84. The summed E-state index contributed by atoms with van der Waals surface area (Å²) in [6.07, 6.45) is 6.71. The average Bonchev–Trinajstić information content (AvgIpc) is 2.30. The normalized spacial score (nSPS) is 32.3. The lowest BCUT2D eigenvalue weighted by Gasteiger charge is -2.30. The van der Waals surface area contributed by atoms with Crippen LogP contribution in [-0.4, -0.2) is 25.2 Å². The molecule has 0 bridgehead atoms. The fourth-order valence-electron chi connectivity index (χ4n) is 2.84. The molecule has 16 heavy (non-hydrogen) atoms. The monoisotopic (exact) mass is 225 g/mol. The first kappa shape index (κ1) is 11.9. The minimum Gasteiger partial charge on any atom is -0.381 e. The molecule has 1 heterocycles. The highest BCUT2D eigenvalue weighted by Crippen LogP contribution is 2.24. The van der Waals surface area contributed by atoms with E-state index in [2.05, 4.69) is 12.2 Å². The van der Waals surface area contributed by atoms with E-state index in [-0.39, 0.29) is 11.8 Å². The van der Waals surface area contributed by atoms with Gasteiger partial charge in [0, 0.05) is 25.2 Å². The third kappa shape index (κ3) is 3.21. The van der Waals surface area contributed by atoms with Crippen molar-refractivity contribution in [1.29, 1.82) is 0 Å². The molecule has 2 atom stereocenters. The molecule has 1 saturated carbocycles. The van der Waals surface area contributed by atoms with Gasteiger partial charge in [-0.25, -0.2) is 0 Å². The molecule has 3 nitrogen and oxygen atoms in total. The molecule has 2 unspecified atom stereocenters. The van der Waals surface area contributed by atoms with Crippen LogP contribution in [0.5, 0.6) is 0 Å². The van der Waals surface area contributed by atoms with Crippen LogP contribution in [0, 0.1) is 11.8 Å². The minimum atomic E-state index is 0.200. The van der Waals surface area contributed by atoms with Gasteiger partial charge in [0.2, 0.25) is 5.91 Å². The Kier molecular flexibility index (Phi) is 4.22. The van der Waals surface area contributed by atoms with E-state index in [1.54, 1.807) is 0 Å². The lowest BCUT2D eigenvalue weighted by atomic mass is 9.86. The molecular weight excluding hydrogens is 202 g/mol. The molecule has 1 aliphatic carbocycles. The van der Waals surface area contributed by atoms with E-state index in [4.69, 9.17) is 4.74 Å². The van der Waals surface area contributed by atoms with Crippen molar-refractivity contribution in [1.82, 2.24) is 5.32 Å². The van der Waals surface area contributed by atoms with Gasteiger partial charge in [-0.05, 0) is 31.6 Å². The van der Waals surface area contributed by atoms with Crippen LogP contribution in [0.15, 0.2) is 0 Å². The predicted octanol–water partition coefficient (Wildman–Crippen LogP) is 2.11. The summed E-state index contributed by atoms with van der Waals surface area (Å²) in [5.41, 5.74) is 0. The molecule has 0 aromatic heterocycles. The summed E-state index contributed by atoms with van der Waals surface area (Å²) in [7, 11) is 0. The largest absolute Gasteiger partial charge is 0.381 e. The van der Waals surface area contributed by atoms with Crippen molar-refractivity contribution in [3.63, 3.8) is 0 Å². The number of amides is 1. The number of carbonyl (C=O) groups is 1. The molecule has 2 fully saturated rings. The molecule has 92 valence electrons. The Balaban J connectivity index is 1.77. The highest BCUT2D eigenvalue weighted by atomic mass is 16.5. The Labute approximate surface area is 97.9 Å². The van der Waals surface area contributed by atoms with Gasteiger partial charge in [-0.3, -0.25) is 4.79 Å². The fraction of sp³-hybridized carbons (Fsp3) is 0.923. The third-order valence-electron chi connectivity index (χ3n) is 3.87. The lowest BCUT2D eigenvalue weighted by Crippen LogP contribution is -2.42. The molecule has 1 N–H and O–H groups in total. The van der Waals surface area contributed by atoms with Crippen molar-refractivity contribution in [2.75, 3.05) is 13.2 Å². The van der Waals surface area contributed by atoms with E-state index in [9.17, 15) is 4.79 Å². The summed E-state index contributed by atoms with van der Waals surface area (Å²) in [4.78, 5) is 12.0. The van der Waals surface area contributed by atoms with Crippen LogP contribution in [0.2, 0.25) is 0 Å². The van der Waals surface area contributed by atoms with Gasteiger partial charge in [0.15, 0.2) is 0 Å². The Bertz CT molecular complexity index is 236. The third-order valence-corrected chi connectivity index (χ3v) is 3.87. The molecule has 1 aliphatic heterocycles. The van der Waals surface area contributed by atoms with Crippen molar-refractivity contribution in [2.24, 2.45) is 11.8 Å². The maximum absolute atomic E-state index is 12.0. The van der Waals surface area contributed by atoms with Crippen LogP contribution < -0.4 is 5.32 Å². The molecule has 0 aromatic carbocycles. The summed E-state index contributed by atoms with van der Waals surface area (Å²) in [5.74, 6) is 1.24.